The van der Waals surface area contributed by atoms with E-state index in [0.29, 0.717) is 28.0 Å². The zero-order chi connectivity index (χ0) is 26.8. The fourth-order valence-electron chi connectivity index (χ4n) is 3.82. The number of nitrogens with zero attached hydrogens (tertiary/aromatic N) is 2. The van der Waals surface area contributed by atoms with E-state index in [1.807, 2.05) is 20.8 Å². The van der Waals surface area contributed by atoms with Crippen LogP contribution in [0.4, 0.5) is 5.69 Å². The molecule has 0 saturated heterocycles. The van der Waals surface area contributed by atoms with Crippen LogP contribution in [-0.4, -0.2) is 36.6 Å². The number of anilines is 1. The van der Waals surface area contributed by atoms with Gasteiger partial charge in [0.05, 0.1) is 18.3 Å². The number of fused-ring (bicyclic) bond motifs is 1. The zero-order valence-corrected chi connectivity index (χ0v) is 21.6. The topological polar surface area (TPSA) is 118 Å². The third-order valence-corrected chi connectivity index (χ3v) is 7.03. The average molecular weight is 516 g/mol. The molecule has 0 radical (unpaired) electrons. The molecule has 2 aromatic carbocycles. The number of aromatic nitrogens is 2. The van der Waals surface area contributed by atoms with Gasteiger partial charge in [-0.05, 0) is 53.4 Å². The number of pyridine rings is 2. The van der Waals surface area contributed by atoms with Gasteiger partial charge in [0.2, 0.25) is 0 Å². The summed E-state index contributed by atoms with van der Waals surface area (Å²) in [6, 6.07) is 14.8. The first kappa shape index (κ1) is 25.7. The number of hydrogen-bond acceptors (Lipinski definition) is 6. The molecule has 0 aliphatic rings. The van der Waals surface area contributed by atoms with Crippen LogP contribution in [0.2, 0.25) is 0 Å². The van der Waals surface area contributed by atoms with E-state index in [-0.39, 0.29) is 21.5 Å². The first-order valence-electron chi connectivity index (χ1n) is 11.3. The molecular weight excluding hydrogens is 490 g/mol. The molecule has 2 aromatic heterocycles. The number of ether oxygens (including phenoxy) is 1. The minimum Gasteiger partial charge on any atom is -0.496 e. The Kier molecular flexibility index (Phi) is 6.88. The summed E-state index contributed by atoms with van der Waals surface area (Å²) in [6.45, 7) is 5.86. The number of nitrogens with one attached hydrogen (secondary N) is 1. The molecule has 0 atom stereocenters. The van der Waals surface area contributed by atoms with Gasteiger partial charge in [-0.1, -0.05) is 44.7 Å². The predicted octanol–water partition coefficient (Wildman–Crippen LogP) is 4.83. The molecule has 8 nitrogen and oxygen atoms in total. The molecule has 0 spiro atoms. The van der Waals surface area contributed by atoms with Crippen molar-refractivity contribution in [3.8, 4) is 17.6 Å². The molecule has 0 saturated carbocycles. The molecule has 2 N–H and O–H groups in total. The Bertz CT molecular complexity index is 1680. The molecule has 4 aromatic rings. The van der Waals surface area contributed by atoms with Crippen LogP contribution in [0.3, 0.4) is 0 Å². The number of methoxy groups -OCH3 is 1. The second-order valence-electron chi connectivity index (χ2n) is 9.24. The molecule has 4 rings (SSSR count). The fraction of sp³-hybridized carbons (Fsp3) is 0.179. The summed E-state index contributed by atoms with van der Waals surface area (Å²) in [5, 5.41) is 9.91. The molecule has 0 fully saturated rings. The van der Waals surface area contributed by atoms with Gasteiger partial charge in [-0.2, -0.15) is 0 Å². The van der Waals surface area contributed by atoms with Crippen molar-refractivity contribution in [1.29, 1.82) is 0 Å². The minimum absolute atomic E-state index is 0.00939. The number of carbonyl (C=O) groups is 1. The molecule has 2 heterocycles. The molecule has 188 valence electrons. The van der Waals surface area contributed by atoms with Crippen molar-refractivity contribution in [2.24, 2.45) is 0 Å². The smallest absolute Gasteiger partial charge is 0.354 e. The largest absolute Gasteiger partial charge is 0.496 e. The Morgan fingerprint density at radius 3 is 2.43 bits per heavy atom. The fourth-order valence-corrected chi connectivity index (χ4v) is 5.07. The number of sulfonamides is 1. The standard InChI is InChI=1S/C28H25N3O5S/c1-28(2,3)21-16-23(27(32)33)30-17-19(21)12-11-18-8-5-6-10-22(18)31-37(34,35)25-14-13-24(36-4)20-9-7-15-29-26(20)25/h5-10,13-17,31H,1-4H3,(H,32,33). The van der Waals surface area contributed by atoms with Crippen molar-refractivity contribution in [2.45, 2.75) is 31.1 Å². The van der Waals surface area contributed by atoms with E-state index >= 15 is 0 Å². The van der Waals surface area contributed by atoms with Crippen LogP contribution in [0.15, 0.2) is 71.9 Å². The molecule has 0 unspecified atom stereocenters. The Labute approximate surface area is 215 Å². The highest BCUT2D eigenvalue weighted by Crippen LogP contribution is 2.31. The van der Waals surface area contributed by atoms with Crippen molar-refractivity contribution >= 4 is 32.6 Å². The van der Waals surface area contributed by atoms with Crippen molar-refractivity contribution < 1.29 is 23.1 Å². The number of carboxylic acid groups (broad SMARTS) is 1. The van der Waals surface area contributed by atoms with Crippen LogP contribution >= 0.6 is 0 Å². The third kappa shape index (κ3) is 5.39. The Morgan fingerprint density at radius 1 is 1.00 bits per heavy atom. The maximum Gasteiger partial charge on any atom is 0.354 e. The van der Waals surface area contributed by atoms with E-state index < -0.39 is 16.0 Å². The number of aromatic carboxylic acids is 1. The average Bonchev–Trinajstić information content (AvgIpc) is 2.86. The molecule has 0 aliphatic heterocycles. The van der Waals surface area contributed by atoms with E-state index in [0.717, 1.165) is 5.56 Å². The van der Waals surface area contributed by atoms with Crippen LogP contribution in [0.5, 0.6) is 5.75 Å². The maximum atomic E-state index is 13.4. The number of hydrogen-bond donors (Lipinski definition) is 2. The Morgan fingerprint density at radius 2 is 1.73 bits per heavy atom. The Hall–Kier alpha value is -4.42. The van der Waals surface area contributed by atoms with Crippen LogP contribution in [0.25, 0.3) is 10.9 Å². The van der Waals surface area contributed by atoms with Crippen LogP contribution in [0.1, 0.15) is 48.0 Å². The first-order valence-corrected chi connectivity index (χ1v) is 12.8. The van der Waals surface area contributed by atoms with Gasteiger partial charge >= 0.3 is 5.97 Å². The maximum absolute atomic E-state index is 13.4. The second-order valence-corrected chi connectivity index (χ2v) is 10.9. The van der Waals surface area contributed by atoms with Crippen molar-refractivity contribution in [3.05, 3.63) is 89.4 Å². The van der Waals surface area contributed by atoms with E-state index in [9.17, 15) is 18.3 Å². The Balaban J connectivity index is 1.75. The second kappa shape index (κ2) is 9.91. The SMILES string of the molecule is COc1ccc(S(=O)(=O)Nc2ccccc2C#Cc2cnc(C(=O)O)cc2C(C)(C)C)c2ncccc12. The summed E-state index contributed by atoms with van der Waals surface area (Å²) in [4.78, 5) is 19.7. The molecule has 0 amide bonds. The van der Waals surface area contributed by atoms with Gasteiger partial charge in [0.25, 0.3) is 10.0 Å². The molecule has 9 heteroatoms. The van der Waals surface area contributed by atoms with Gasteiger partial charge in [-0.15, -0.1) is 0 Å². The summed E-state index contributed by atoms with van der Waals surface area (Å²) in [6.07, 6.45) is 2.95. The normalized spacial score (nSPS) is 11.5. The van der Waals surface area contributed by atoms with Crippen molar-refractivity contribution in [2.75, 3.05) is 11.8 Å². The quantitative estimate of drug-likeness (QED) is 0.365. The van der Waals surface area contributed by atoms with Crippen molar-refractivity contribution in [3.63, 3.8) is 0 Å². The van der Waals surface area contributed by atoms with E-state index in [4.69, 9.17) is 4.74 Å². The summed E-state index contributed by atoms with van der Waals surface area (Å²) in [7, 11) is -2.52. The lowest BCUT2D eigenvalue weighted by Crippen LogP contribution is -2.16. The lowest BCUT2D eigenvalue weighted by Gasteiger charge is -2.21. The van der Waals surface area contributed by atoms with E-state index in [1.54, 1.807) is 42.5 Å². The summed E-state index contributed by atoms with van der Waals surface area (Å²) < 4.78 is 34.8. The minimum atomic E-state index is -4.03. The van der Waals surface area contributed by atoms with Gasteiger partial charge < -0.3 is 9.84 Å². The monoisotopic (exact) mass is 515 g/mol. The number of benzene rings is 2. The van der Waals surface area contributed by atoms with Crippen LogP contribution in [0, 0.1) is 11.8 Å². The molecular formula is C28H25N3O5S. The van der Waals surface area contributed by atoms with Gasteiger partial charge in [0, 0.05) is 28.9 Å². The number of carboxylic acids is 1. The zero-order valence-electron chi connectivity index (χ0n) is 20.7. The summed E-state index contributed by atoms with van der Waals surface area (Å²) >= 11 is 0. The highest BCUT2D eigenvalue weighted by molar-refractivity contribution is 7.93. The van der Waals surface area contributed by atoms with E-state index in [2.05, 4.69) is 26.5 Å². The summed E-state index contributed by atoms with van der Waals surface area (Å²) in [5.74, 6) is 5.46. The van der Waals surface area contributed by atoms with Gasteiger partial charge in [0.15, 0.2) is 0 Å². The molecule has 0 bridgehead atoms. The lowest BCUT2D eigenvalue weighted by molar-refractivity contribution is 0.0690. The van der Waals surface area contributed by atoms with Gasteiger partial charge in [-0.3, -0.25) is 9.71 Å². The third-order valence-electron chi connectivity index (χ3n) is 5.64. The first-order chi connectivity index (χ1) is 17.5. The molecule has 0 aliphatic carbocycles. The van der Waals surface area contributed by atoms with Crippen molar-refractivity contribution in [1.82, 2.24) is 9.97 Å². The predicted molar refractivity (Wildman–Crippen MR) is 141 cm³/mol. The van der Waals surface area contributed by atoms with Gasteiger partial charge in [-0.25, -0.2) is 18.2 Å². The van der Waals surface area contributed by atoms with Crippen LogP contribution < -0.4 is 9.46 Å². The van der Waals surface area contributed by atoms with Gasteiger partial charge in [0.1, 0.15) is 16.3 Å². The lowest BCUT2D eigenvalue weighted by atomic mass is 9.84. The van der Waals surface area contributed by atoms with E-state index in [1.165, 1.54) is 31.6 Å². The molecule has 37 heavy (non-hydrogen) atoms. The number of rotatable bonds is 5. The highest BCUT2D eigenvalue weighted by Gasteiger charge is 2.22. The highest BCUT2D eigenvalue weighted by atomic mass is 32.2. The summed E-state index contributed by atoms with van der Waals surface area (Å²) in [5.41, 5.74) is 1.85. The number of para-hydroxylation sites is 1. The van der Waals surface area contributed by atoms with Crippen LogP contribution in [-0.2, 0) is 15.4 Å².